The zero-order valence-corrected chi connectivity index (χ0v) is 42.2. The zero-order chi connectivity index (χ0) is 50.9. The molecule has 3 atom stereocenters. The number of likely N-dealkylation sites (tertiary alicyclic amines) is 2. The van der Waals surface area contributed by atoms with E-state index in [1.165, 1.54) is 17.1 Å². The highest BCUT2D eigenvalue weighted by molar-refractivity contribution is 5.96. The fraction of sp³-hybridized carbons (Fsp3) is 0.545. The third-order valence-corrected chi connectivity index (χ3v) is 14.4. The van der Waals surface area contributed by atoms with Gasteiger partial charge in [0.25, 0.3) is 18.2 Å². The van der Waals surface area contributed by atoms with Crippen molar-refractivity contribution in [2.45, 2.75) is 130 Å². The molecule has 13 nitrogen and oxygen atoms in total. The van der Waals surface area contributed by atoms with Crippen molar-refractivity contribution in [2.75, 3.05) is 45.9 Å². The topological polar surface area (TPSA) is 138 Å². The Morgan fingerprint density at radius 3 is 2.46 bits per heavy atom. The number of carbonyl (C=O) groups is 4. The van der Waals surface area contributed by atoms with E-state index in [0.717, 1.165) is 36.3 Å². The maximum atomic E-state index is 16.0. The van der Waals surface area contributed by atoms with Crippen LogP contribution in [-0.4, -0.2) is 124 Å². The van der Waals surface area contributed by atoms with E-state index in [9.17, 15) is 28.0 Å². The van der Waals surface area contributed by atoms with Gasteiger partial charge < -0.3 is 24.3 Å². The van der Waals surface area contributed by atoms with Gasteiger partial charge in [-0.3, -0.25) is 34.1 Å². The molecule has 6 heterocycles. The fourth-order valence-electron chi connectivity index (χ4n) is 10.1. The van der Waals surface area contributed by atoms with Gasteiger partial charge in [0, 0.05) is 67.2 Å². The minimum Gasteiger partial charge on any atom is -0.464 e. The molecule has 0 spiro atoms. The number of hydrazine groups is 1. The first kappa shape index (κ1) is 51.6. The lowest BCUT2D eigenvalue weighted by Crippen LogP contribution is -2.61. The SMILES string of the molecule is CC(C)c1ncccc1-c1c2c3cc(ccc3n1CC(F)F)-c1cc(F)cc(c1)C[C@H](NC(=O)[C@@H](COC1CN(C(=O)C#CC(C)(C)N3CCC3)C1)C(C)C)C(=O)N1CCC[C@H](N1)C(=O)OCC(C)(C)C2. The highest BCUT2D eigenvalue weighted by atomic mass is 19.3. The van der Waals surface area contributed by atoms with Crippen LogP contribution >= 0.6 is 0 Å². The van der Waals surface area contributed by atoms with Crippen molar-refractivity contribution < 1.29 is 41.8 Å². The minimum atomic E-state index is -2.68. The number of carbonyl (C=O) groups excluding carboxylic acids is 4. The molecular weight excluding hydrogens is 912 g/mol. The van der Waals surface area contributed by atoms with E-state index < -0.39 is 60.0 Å². The molecule has 16 heteroatoms. The number of hydrogen-bond acceptors (Lipinski definition) is 9. The van der Waals surface area contributed by atoms with Crippen LogP contribution in [0.5, 0.6) is 0 Å². The average molecular weight is 980 g/mol. The van der Waals surface area contributed by atoms with Crippen molar-refractivity contribution in [3.63, 3.8) is 0 Å². The van der Waals surface area contributed by atoms with Gasteiger partial charge in [-0.25, -0.2) is 18.6 Å². The summed E-state index contributed by atoms with van der Waals surface area (Å²) in [6.07, 6.45) is 0.923. The van der Waals surface area contributed by atoms with Crippen molar-refractivity contribution in [1.29, 1.82) is 0 Å². The first-order valence-corrected chi connectivity index (χ1v) is 25.1. The Hall–Kier alpha value is -5.76. The normalized spacial score (nSPS) is 20.5. The lowest BCUT2D eigenvalue weighted by molar-refractivity contribution is -0.155. The third-order valence-electron chi connectivity index (χ3n) is 14.4. The minimum absolute atomic E-state index is 0.0201. The summed E-state index contributed by atoms with van der Waals surface area (Å²) in [5.74, 6) is 2.66. The molecule has 8 rings (SSSR count). The van der Waals surface area contributed by atoms with Gasteiger partial charge in [0.05, 0.1) is 48.7 Å². The molecule has 3 amide bonds. The fourth-order valence-corrected chi connectivity index (χ4v) is 10.1. The summed E-state index contributed by atoms with van der Waals surface area (Å²) in [5, 5.41) is 5.02. The number of amides is 3. The van der Waals surface area contributed by atoms with E-state index in [2.05, 4.69) is 27.5 Å². The standard InChI is InChI=1S/C55H68F3N7O6/c1-33(2)43(31-70-39-28-62(29-39)48(66)16-17-55(7,8)63-19-11-20-63)51(67)60-45-24-35-22-37(25-38(56)23-35)36-14-15-46-41(26-36)42(50(64(46)30-47(57)58)40-12-9-18-59-49(40)34(3)4)27-54(5,6)32-71-53(69)44-13-10-21-65(61-44)52(45)68/h9,12,14-15,18,22-23,25-26,33-34,39,43-45,47,61H,10-11,13,19-21,24,27-32H2,1-8H3,(H,60,67)/t43-,44-,45-/m0/s1. The summed E-state index contributed by atoms with van der Waals surface area (Å²) in [6.45, 7) is 18.0. The average Bonchev–Trinajstić information content (AvgIpc) is 3.56. The van der Waals surface area contributed by atoms with Gasteiger partial charge in [-0.2, -0.15) is 0 Å². The van der Waals surface area contributed by atoms with Crippen molar-refractivity contribution in [3.8, 4) is 34.2 Å². The van der Waals surface area contributed by atoms with Crippen LogP contribution in [0.2, 0.25) is 0 Å². The van der Waals surface area contributed by atoms with Crippen LogP contribution in [0, 0.1) is 34.9 Å². The summed E-state index contributed by atoms with van der Waals surface area (Å²) < 4.78 is 59.2. The van der Waals surface area contributed by atoms with Gasteiger partial charge in [0.2, 0.25) is 5.91 Å². The highest BCUT2D eigenvalue weighted by Crippen LogP contribution is 2.42. The Morgan fingerprint density at radius 2 is 1.77 bits per heavy atom. The molecule has 3 saturated heterocycles. The molecule has 6 bridgehead atoms. The van der Waals surface area contributed by atoms with Crippen molar-refractivity contribution in [1.82, 2.24) is 35.1 Å². The number of pyridine rings is 1. The van der Waals surface area contributed by atoms with Gasteiger partial charge in [-0.1, -0.05) is 59.6 Å². The van der Waals surface area contributed by atoms with E-state index in [0.29, 0.717) is 65.6 Å². The summed E-state index contributed by atoms with van der Waals surface area (Å²) >= 11 is 0. The van der Waals surface area contributed by atoms with Crippen LogP contribution in [0.4, 0.5) is 13.2 Å². The smallest absolute Gasteiger partial charge is 0.324 e. The number of fused-ring (bicyclic) bond motifs is 6. The van der Waals surface area contributed by atoms with Gasteiger partial charge >= 0.3 is 5.97 Å². The van der Waals surface area contributed by atoms with Crippen LogP contribution in [0.25, 0.3) is 33.3 Å². The number of halogens is 3. The van der Waals surface area contributed by atoms with E-state index in [1.54, 1.807) is 39.9 Å². The van der Waals surface area contributed by atoms with Gasteiger partial charge in [0.15, 0.2) is 0 Å². The molecule has 2 aromatic heterocycles. The van der Waals surface area contributed by atoms with Crippen LogP contribution in [0.3, 0.4) is 0 Å². The van der Waals surface area contributed by atoms with Crippen LogP contribution in [0.1, 0.15) is 97.4 Å². The molecule has 4 aliphatic rings. The number of hydrogen-bond donors (Lipinski definition) is 2. The number of alkyl halides is 2. The van der Waals surface area contributed by atoms with Crippen LogP contribution in [0.15, 0.2) is 54.7 Å². The molecule has 0 saturated carbocycles. The van der Waals surface area contributed by atoms with E-state index in [-0.39, 0.29) is 55.6 Å². The maximum Gasteiger partial charge on any atom is 0.324 e. The Kier molecular flexibility index (Phi) is 15.4. The van der Waals surface area contributed by atoms with E-state index in [1.807, 2.05) is 67.5 Å². The number of nitrogens with one attached hydrogen (secondary N) is 2. The van der Waals surface area contributed by atoms with E-state index >= 15 is 4.39 Å². The quantitative estimate of drug-likeness (QED) is 0.115. The number of rotatable bonds is 11. The number of nitrogens with zero attached hydrogens (tertiary/aromatic N) is 5. The van der Waals surface area contributed by atoms with Crippen molar-refractivity contribution >= 4 is 34.6 Å². The van der Waals surface area contributed by atoms with Gasteiger partial charge in [0.1, 0.15) is 17.9 Å². The molecular formula is C55H68F3N7O6. The summed E-state index contributed by atoms with van der Waals surface area (Å²) in [5.41, 5.74) is 6.92. The highest BCUT2D eigenvalue weighted by Gasteiger charge is 2.38. The second-order valence-corrected chi connectivity index (χ2v) is 21.7. The Labute approximate surface area is 415 Å². The lowest BCUT2D eigenvalue weighted by atomic mass is 9.83. The molecule has 2 aromatic carbocycles. The lowest BCUT2D eigenvalue weighted by Gasteiger charge is -2.41. The van der Waals surface area contributed by atoms with Crippen LogP contribution in [-0.2, 0) is 48.0 Å². The van der Waals surface area contributed by atoms with Crippen LogP contribution < -0.4 is 10.7 Å². The molecule has 380 valence electrons. The predicted molar refractivity (Wildman–Crippen MR) is 265 cm³/mol. The number of aromatic nitrogens is 2. The number of esters is 1. The van der Waals surface area contributed by atoms with Gasteiger partial charge in [-0.05, 0) is 116 Å². The largest absolute Gasteiger partial charge is 0.464 e. The predicted octanol–water partition coefficient (Wildman–Crippen LogP) is 7.53. The molecule has 0 aliphatic carbocycles. The van der Waals surface area contributed by atoms with E-state index in [4.69, 9.17) is 14.5 Å². The van der Waals surface area contributed by atoms with Crippen molar-refractivity contribution in [3.05, 3.63) is 77.4 Å². The third kappa shape index (κ3) is 11.6. The summed E-state index contributed by atoms with van der Waals surface area (Å²) in [7, 11) is 0. The Balaban J connectivity index is 1.11. The number of ether oxygens (including phenoxy) is 2. The second-order valence-electron chi connectivity index (χ2n) is 21.7. The molecule has 4 aliphatic heterocycles. The Morgan fingerprint density at radius 1 is 1.01 bits per heavy atom. The molecule has 71 heavy (non-hydrogen) atoms. The van der Waals surface area contributed by atoms with Gasteiger partial charge in [-0.15, -0.1) is 0 Å². The number of benzene rings is 2. The first-order chi connectivity index (χ1) is 33.7. The number of cyclic esters (lactones) is 1. The Bertz CT molecular complexity index is 2710. The molecule has 2 N–H and O–H groups in total. The summed E-state index contributed by atoms with van der Waals surface area (Å²) in [4.78, 5) is 64.4. The molecule has 3 fully saturated rings. The second kappa shape index (κ2) is 21.1. The zero-order valence-electron chi connectivity index (χ0n) is 42.2. The molecule has 0 radical (unpaired) electrons. The first-order valence-electron chi connectivity index (χ1n) is 25.1. The van der Waals surface area contributed by atoms with Crippen molar-refractivity contribution in [2.24, 2.45) is 17.3 Å². The molecule has 4 aromatic rings. The summed E-state index contributed by atoms with van der Waals surface area (Å²) in [6, 6.07) is 11.6. The monoisotopic (exact) mass is 980 g/mol. The maximum absolute atomic E-state index is 16.0. The molecule has 0 unspecified atom stereocenters.